The highest BCUT2D eigenvalue weighted by atomic mass is 15.3. The first kappa shape index (κ1) is 8.94. The van der Waals surface area contributed by atoms with E-state index in [-0.39, 0.29) is 0 Å². The Labute approximate surface area is 73.8 Å². The molecule has 12 heavy (non-hydrogen) atoms. The zero-order valence-electron chi connectivity index (χ0n) is 7.86. The van der Waals surface area contributed by atoms with Gasteiger partial charge in [-0.1, -0.05) is 18.2 Å². The van der Waals surface area contributed by atoms with Gasteiger partial charge in [-0.15, -0.1) is 0 Å². The lowest BCUT2D eigenvalue weighted by molar-refractivity contribution is -0.769. The molecule has 0 bridgehead atoms. The van der Waals surface area contributed by atoms with Crippen molar-refractivity contribution in [1.82, 2.24) is 0 Å². The smallest absolute Gasteiger partial charge is 0.189 e. The number of aliphatic imine (C=N–C) groups is 1. The van der Waals surface area contributed by atoms with E-state index in [0.29, 0.717) is 0 Å². The van der Waals surface area contributed by atoms with Gasteiger partial charge < -0.3 is 0 Å². The molecular weight excluding hydrogens is 148 g/mol. The second-order valence-corrected chi connectivity index (χ2v) is 3.70. The van der Waals surface area contributed by atoms with Gasteiger partial charge >= 0.3 is 0 Å². The van der Waals surface area contributed by atoms with Crippen molar-refractivity contribution in [2.24, 2.45) is 4.99 Å². The van der Waals surface area contributed by atoms with Crippen molar-refractivity contribution < 1.29 is 4.48 Å². The minimum absolute atomic E-state index is 0.745. The van der Waals surface area contributed by atoms with Gasteiger partial charge in [-0.2, -0.15) is 0 Å². The fourth-order valence-corrected chi connectivity index (χ4v) is 0.754. The van der Waals surface area contributed by atoms with E-state index in [1.165, 1.54) is 0 Å². The van der Waals surface area contributed by atoms with Crippen molar-refractivity contribution in [3.63, 3.8) is 0 Å². The lowest BCUT2D eigenvalue weighted by Crippen LogP contribution is -2.32. The van der Waals surface area contributed by atoms with Crippen molar-refractivity contribution in [3.05, 3.63) is 30.3 Å². The van der Waals surface area contributed by atoms with Crippen LogP contribution in [0.3, 0.4) is 0 Å². The Morgan fingerprint density at radius 1 is 1.08 bits per heavy atom. The number of benzene rings is 1. The Morgan fingerprint density at radius 2 is 1.67 bits per heavy atom. The molecule has 1 aromatic rings. The predicted octanol–water partition coefficient (Wildman–Crippen LogP) is 2.05. The van der Waals surface area contributed by atoms with Gasteiger partial charge in [-0.05, 0) is 12.1 Å². The highest BCUT2D eigenvalue weighted by Gasteiger charge is 2.00. The molecular formula is C10H15N2+. The Bertz CT molecular complexity index is 257. The van der Waals surface area contributed by atoms with E-state index in [1.54, 1.807) is 0 Å². The molecule has 0 spiro atoms. The first-order valence-corrected chi connectivity index (χ1v) is 3.99. The highest BCUT2D eigenvalue weighted by Crippen LogP contribution is 2.08. The third kappa shape index (κ3) is 3.30. The molecule has 1 rings (SSSR count). The first-order chi connectivity index (χ1) is 5.58. The molecule has 1 aromatic carbocycles. The third-order valence-electron chi connectivity index (χ3n) is 1.31. The molecule has 0 unspecified atom stereocenters. The minimum atomic E-state index is 0.745. The summed E-state index contributed by atoms with van der Waals surface area (Å²) in [6.07, 6.45) is 1.91. The van der Waals surface area contributed by atoms with Crippen LogP contribution in [-0.2, 0) is 0 Å². The van der Waals surface area contributed by atoms with Crippen molar-refractivity contribution in [3.8, 4) is 0 Å². The topological polar surface area (TPSA) is 12.4 Å². The van der Waals surface area contributed by atoms with Crippen LogP contribution < -0.4 is 0 Å². The van der Waals surface area contributed by atoms with Crippen LogP contribution in [0.15, 0.2) is 35.3 Å². The maximum atomic E-state index is 4.32. The lowest BCUT2D eigenvalue weighted by atomic mass is 10.3. The molecule has 0 aliphatic carbocycles. The highest BCUT2D eigenvalue weighted by molar-refractivity contribution is 5.54. The average Bonchev–Trinajstić information content (AvgIpc) is 2.02. The number of nitrogens with zero attached hydrogens (tertiary/aromatic N) is 2. The minimum Gasteiger partial charge on any atom is -0.288 e. The van der Waals surface area contributed by atoms with Crippen LogP contribution in [0.1, 0.15) is 0 Å². The second kappa shape index (κ2) is 3.50. The van der Waals surface area contributed by atoms with Gasteiger partial charge in [0, 0.05) is 0 Å². The number of rotatable bonds is 2. The standard InChI is InChI=1S/C10H15N2/c1-12(2,3)9-11-10-7-5-4-6-8-10/h4-9H,1-3H3/q+1. The maximum Gasteiger partial charge on any atom is 0.189 e. The Kier molecular flexibility index (Phi) is 2.61. The van der Waals surface area contributed by atoms with Crippen LogP contribution in [0.5, 0.6) is 0 Å². The van der Waals surface area contributed by atoms with E-state index in [2.05, 4.69) is 26.1 Å². The van der Waals surface area contributed by atoms with Crippen LogP contribution in [0.2, 0.25) is 0 Å². The monoisotopic (exact) mass is 163 g/mol. The molecule has 0 aliphatic heterocycles. The van der Waals surface area contributed by atoms with Crippen LogP contribution in [0.4, 0.5) is 5.69 Å². The molecule has 0 N–H and O–H groups in total. The number of quaternary nitrogens is 1. The van der Waals surface area contributed by atoms with E-state index < -0.39 is 0 Å². The molecule has 0 fully saturated rings. The average molecular weight is 163 g/mol. The van der Waals surface area contributed by atoms with Gasteiger partial charge in [0.05, 0.1) is 26.8 Å². The van der Waals surface area contributed by atoms with E-state index >= 15 is 0 Å². The van der Waals surface area contributed by atoms with Gasteiger partial charge in [0.15, 0.2) is 6.34 Å². The van der Waals surface area contributed by atoms with Gasteiger partial charge in [0.25, 0.3) is 0 Å². The Morgan fingerprint density at radius 3 is 2.17 bits per heavy atom. The number of hydrogen-bond donors (Lipinski definition) is 0. The van der Waals surface area contributed by atoms with Crippen molar-refractivity contribution in [1.29, 1.82) is 0 Å². The summed E-state index contributed by atoms with van der Waals surface area (Å²) in [5.41, 5.74) is 1.01. The van der Waals surface area contributed by atoms with E-state index in [4.69, 9.17) is 0 Å². The zero-order valence-corrected chi connectivity index (χ0v) is 7.86. The molecule has 0 saturated carbocycles. The summed E-state index contributed by atoms with van der Waals surface area (Å²) in [6, 6.07) is 9.95. The summed E-state index contributed by atoms with van der Waals surface area (Å²) in [6.45, 7) is 0. The SMILES string of the molecule is C[N+](C)(C)C=Nc1ccccc1. The quantitative estimate of drug-likeness (QED) is 0.359. The van der Waals surface area contributed by atoms with Crippen LogP contribution in [-0.4, -0.2) is 32.0 Å². The van der Waals surface area contributed by atoms with Gasteiger partial charge in [-0.25, -0.2) is 4.99 Å². The molecule has 0 aromatic heterocycles. The van der Waals surface area contributed by atoms with E-state index in [1.807, 2.05) is 36.7 Å². The lowest BCUT2D eigenvalue weighted by Gasteiger charge is -2.15. The summed E-state index contributed by atoms with van der Waals surface area (Å²) in [5.74, 6) is 0. The van der Waals surface area contributed by atoms with Crippen LogP contribution >= 0.6 is 0 Å². The van der Waals surface area contributed by atoms with Gasteiger partial charge in [-0.3, -0.25) is 4.48 Å². The Balaban J connectivity index is 2.71. The zero-order chi connectivity index (χ0) is 9.03. The third-order valence-corrected chi connectivity index (χ3v) is 1.31. The molecule has 0 saturated heterocycles. The van der Waals surface area contributed by atoms with Crippen LogP contribution in [0.25, 0.3) is 0 Å². The van der Waals surface area contributed by atoms with E-state index in [0.717, 1.165) is 10.2 Å². The molecule has 64 valence electrons. The number of para-hydroxylation sites is 1. The molecule has 2 nitrogen and oxygen atoms in total. The molecule has 0 atom stereocenters. The molecule has 0 radical (unpaired) electrons. The first-order valence-electron chi connectivity index (χ1n) is 3.99. The van der Waals surface area contributed by atoms with E-state index in [9.17, 15) is 0 Å². The molecule has 0 heterocycles. The molecule has 0 amide bonds. The van der Waals surface area contributed by atoms with Gasteiger partial charge in [0.2, 0.25) is 0 Å². The molecule has 0 aliphatic rings. The summed E-state index contributed by atoms with van der Waals surface area (Å²) in [4.78, 5) is 4.32. The van der Waals surface area contributed by atoms with Crippen LogP contribution in [0, 0.1) is 0 Å². The summed E-state index contributed by atoms with van der Waals surface area (Å²) in [7, 11) is 6.23. The van der Waals surface area contributed by atoms with Crippen molar-refractivity contribution in [2.75, 3.05) is 21.1 Å². The van der Waals surface area contributed by atoms with Crippen molar-refractivity contribution >= 4 is 12.0 Å². The number of hydrogen-bond acceptors (Lipinski definition) is 1. The summed E-state index contributed by atoms with van der Waals surface area (Å²) < 4.78 is 0.745. The van der Waals surface area contributed by atoms with Crippen molar-refractivity contribution in [2.45, 2.75) is 0 Å². The largest absolute Gasteiger partial charge is 0.288 e. The second-order valence-electron chi connectivity index (χ2n) is 3.70. The fraction of sp³-hybridized carbons (Fsp3) is 0.300. The maximum absolute atomic E-state index is 4.32. The fourth-order valence-electron chi connectivity index (χ4n) is 0.754. The summed E-state index contributed by atoms with van der Waals surface area (Å²) in [5, 5.41) is 0. The Hall–Kier alpha value is -1.15. The molecule has 2 heteroatoms. The van der Waals surface area contributed by atoms with Gasteiger partial charge in [0.1, 0.15) is 0 Å². The summed E-state index contributed by atoms with van der Waals surface area (Å²) >= 11 is 0. The predicted molar refractivity (Wildman–Crippen MR) is 52.6 cm³/mol. The normalized spacial score (nSPS) is 12.2.